The van der Waals surface area contributed by atoms with Gasteiger partial charge in [-0.05, 0) is 47.5 Å². The third-order valence-electron chi connectivity index (χ3n) is 2.98. The van der Waals surface area contributed by atoms with Gasteiger partial charge in [0, 0.05) is 29.8 Å². The third-order valence-corrected chi connectivity index (χ3v) is 2.98. The number of nitrogens with zero attached hydrogens (tertiary/aromatic N) is 2. The van der Waals surface area contributed by atoms with Crippen LogP contribution in [0.15, 0.2) is 67.1 Å². The van der Waals surface area contributed by atoms with Gasteiger partial charge in [0.05, 0.1) is 5.69 Å². The van der Waals surface area contributed by atoms with E-state index in [9.17, 15) is 0 Å². The van der Waals surface area contributed by atoms with Crippen molar-refractivity contribution in [1.29, 1.82) is 0 Å². The van der Waals surface area contributed by atoms with Gasteiger partial charge < -0.3 is 5.73 Å². The number of halogens is 3. The van der Waals surface area contributed by atoms with Crippen molar-refractivity contribution >= 4 is 52.1 Å². The SMILES string of the molecule is Br.Br.Cl.Nc1ccc(-c2cc(-c3ccncc3)ccn2)cc1. The second-order valence-corrected chi connectivity index (χ2v) is 4.29. The smallest absolute Gasteiger partial charge is 0.0708 e. The lowest BCUT2D eigenvalue weighted by Crippen LogP contribution is -1.87. The van der Waals surface area contributed by atoms with E-state index in [1.165, 1.54) is 0 Å². The zero-order valence-corrected chi connectivity index (χ0v) is 15.8. The van der Waals surface area contributed by atoms with Gasteiger partial charge in [0.25, 0.3) is 0 Å². The summed E-state index contributed by atoms with van der Waals surface area (Å²) < 4.78 is 0. The highest BCUT2D eigenvalue weighted by atomic mass is 79.9. The summed E-state index contributed by atoms with van der Waals surface area (Å²) in [6, 6.07) is 15.8. The molecule has 2 aromatic heterocycles. The summed E-state index contributed by atoms with van der Waals surface area (Å²) >= 11 is 0. The van der Waals surface area contributed by atoms with Gasteiger partial charge in [-0.3, -0.25) is 9.97 Å². The van der Waals surface area contributed by atoms with Crippen LogP contribution >= 0.6 is 46.4 Å². The molecule has 1 aromatic carbocycles. The molecule has 116 valence electrons. The Morgan fingerprint density at radius 1 is 0.682 bits per heavy atom. The van der Waals surface area contributed by atoms with Crippen molar-refractivity contribution in [3.63, 3.8) is 0 Å². The molecule has 3 nitrogen and oxygen atoms in total. The second kappa shape index (κ2) is 9.56. The molecule has 3 rings (SSSR count). The zero-order chi connectivity index (χ0) is 13.1. The van der Waals surface area contributed by atoms with E-state index < -0.39 is 0 Å². The molecule has 0 unspecified atom stereocenters. The molecule has 0 atom stereocenters. The first kappa shape index (κ1) is 20.6. The fourth-order valence-corrected chi connectivity index (χ4v) is 1.97. The van der Waals surface area contributed by atoms with Gasteiger partial charge in [0.2, 0.25) is 0 Å². The highest BCUT2D eigenvalue weighted by Crippen LogP contribution is 2.24. The van der Waals surface area contributed by atoms with E-state index in [2.05, 4.69) is 16.0 Å². The van der Waals surface area contributed by atoms with E-state index in [0.717, 1.165) is 28.1 Å². The van der Waals surface area contributed by atoms with Crippen molar-refractivity contribution in [3.05, 3.63) is 67.1 Å². The normalized spacial score (nSPS) is 8.91. The van der Waals surface area contributed by atoms with Crippen molar-refractivity contribution in [1.82, 2.24) is 9.97 Å². The summed E-state index contributed by atoms with van der Waals surface area (Å²) in [4.78, 5) is 8.44. The average molecular weight is 446 g/mol. The molecule has 0 radical (unpaired) electrons. The fraction of sp³-hybridized carbons (Fsp3) is 0. The van der Waals surface area contributed by atoms with Crippen LogP contribution in [-0.4, -0.2) is 9.97 Å². The number of pyridine rings is 2. The molecular formula is C16H16Br2ClN3. The van der Waals surface area contributed by atoms with Gasteiger partial charge in [0.1, 0.15) is 0 Å². The number of hydrogen-bond donors (Lipinski definition) is 1. The third kappa shape index (κ3) is 4.80. The maximum absolute atomic E-state index is 5.70. The van der Waals surface area contributed by atoms with Gasteiger partial charge in [0.15, 0.2) is 0 Å². The highest BCUT2D eigenvalue weighted by Gasteiger charge is 2.02. The molecule has 6 heteroatoms. The lowest BCUT2D eigenvalue weighted by molar-refractivity contribution is 1.31. The molecule has 0 spiro atoms. The molecule has 2 heterocycles. The minimum atomic E-state index is 0. The molecule has 3 aromatic rings. The molecule has 0 aliphatic rings. The average Bonchev–Trinajstić information content (AvgIpc) is 2.49. The van der Waals surface area contributed by atoms with E-state index in [0.29, 0.717) is 0 Å². The lowest BCUT2D eigenvalue weighted by atomic mass is 10.0. The van der Waals surface area contributed by atoms with Crippen LogP contribution in [0.2, 0.25) is 0 Å². The van der Waals surface area contributed by atoms with Crippen LogP contribution in [0.25, 0.3) is 22.4 Å². The van der Waals surface area contributed by atoms with Crippen LogP contribution in [0.1, 0.15) is 0 Å². The standard InChI is InChI=1S/C16H13N3.2BrH.ClH/c17-15-3-1-13(2-4-15)16-11-14(7-10-19-16)12-5-8-18-9-6-12;;;/h1-11H,17H2;3*1H. The van der Waals surface area contributed by atoms with Crippen LogP contribution in [-0.2, 0) is 0 Å². The molecule has 0 amide bonds. The first-order valence-corrected chi connectivity index (χ1v) is 6.05. The topological polar surface area (TPSA) is 51.8 Å². The Morgan fingerprint density at radius 2 is 1.27 bits per heavy atom. The minimum Gasteiger partial charge on any atom is -0.399 e. The number of nitrogen functional groups attached to an aromatic ring is 1. The number of nitrogens with two attached hydrogens (primary N) is 1. The summed E-state index contributed by atoms with van der Waals surface area (Å²) in [5, 5.41) is 0. The number of anilines is 1. The molecule has 2 N–H and O–H groups in total. The number of rotatable bonds is 2. The first-order chi connectivity index (χ1) is 9.33. The first-order valence-electron chi connectivity index (χ1n) is 6.05. The van der Waals surface area contributed by atoms with Gasteiger partial charge in [-0.25, -0.2) is 0 Å². The van der Waals surface area contributed by atoms with Crippen LogP contribution in [0.5, 0.6) is 0 Å². The molecule has 0 bridgehead atoms. The van der Waals surface area contributed by atoms with Crippen molar-refractivity contribution in [2.45, 2.75) is 0 Å². The molecule has 0 saturated heterocycles. The Balaban J connectivity index is 0.00000147. The molecule has 0 aliphatic heterocycles. The maximum atomic E-state index is 5.70. The highest BCUT2D eigenvalue weighted by molar-refractivity contribution is 8.93. The Bertz CT molecular complexity index is 691. The molecule has 0 saturated carbocycles. The number of aromatic nitrogens is 2. The van der Waals surface area contributed by atoms with E-state index in [1.807, 2.05) is 48.7 Å². The van der Waals surface area contributed by atoms with Gasteiger partial charge in [-0.1, -0.05) is 12.1 Å². The summed E-state index contributed by atoms with van der Waals surface area (Å²) in [5.74, 6) is 0. The quantitative estimate of drug-likeness (QED) is 0.567. The minimum absolute atomic E-state index is 0. The van der Waals surface area contributed by atoms with Gasteiger partial charge in [-0.15, -0.1) is 46.4 Å². The van der Waals surface area contributed by atoms with E-state index >= 15 is 0 Å². The van der Waals surface area contributed by atoms with Crippen LogP contribution in [0.4, 0.5) is 5.69 Å². The molecular weight excluding hydrogens is 429 g/mol. The molecule has 0 aliphatic carbocycles. The predicted octanol–water partition coefficient (Wildman–Crippen LogP) is 4.97. The van der Waals surface area contributed by atoms with E-state index in [4.69, 9.17) is 5.73 Å². The summed E-state index contributed by atoms with van der Waals surface area (Å²) in [6.07, 6.45) is 5.40. The van der Waals surface area contributed by atoms with Crippen molar-refractivity contribution in [2.24, 2.45) is 0 Å². The number of hydrogen-bond acceptors (Lipinski definition) is 3. The van der Waals surface area contributed by atoms with Gasteiger partial charge >= 0.3 is 0 Å². The summed E-state index contributed by atoms with van der Waals surface area (Å²) in [5.41, 5.74) is 10.7. The Morgan fingerprint density at radius 3 is 1.91 bits per heavy atom. The zero-order valence-electron chi connectivity index (χ0n) is 11.5. The second-order valence-electron chi connectivity index (χ2n) is 4.29. The van der Waals surface area contributed by atoms with Gasteiger partial charge in [-0.2, -0.15) is 0 Å². The van der Waals surface area contributed by atoms with Crippen molar-refractivity contribution in [2.75, 3.05) is 5.73 Å². The Hall–Kier alpha value is -1.43. The Labute approximate surface area is 157 Å². The Kier molecular flexibility index (Phi) is 8.94. The number of benzene rings is 1. The van der Waals surface area contributed by atoms with E-state index in [1.54, 1.807) is 12.4 Å². The lowest BCUT2D eigenvalue weighted by Gasteiger charge is -2.05. The monoisotopic (exact) mass is 443 g/mol. The molecule has 0 fully saturated rings. The van der Waals surface area contributed by atoms with Crippen LogP contribution in [0.3, 0.4) is 0 Å². The summed E-state index contributed by atoms with van der Waals surface area (Å²) in [7, 11) is 0. The fourth-order valence-electron chi connectivity index (χ4n) is 1.97. The van der Waals surface area contributed by atoms with Crippen LogP contribution < -0.4 is 5.73 Å². The maximum Gasteiger partial charge on any atom is 0.0708 e. The van der Waals surface area contributed by atoms with Crippen molar-refractivity contribution < 1.29 is 0 Å². The summed E-state index contributed by atoms with van der Waals surface area (Å²) in [6.45, 7) is 0. The van der Waals surface area contributed by atoms with Crippen molar-refractivity contribution in [3.8, 4) is 22.4 Å². The van der Waals surface area contributed by atoms with E-state index in [-0.39, 0.29) is 46.4 Å². The molecule has 22 heavy (non-hydrogen) atoms. The predicted molar refractivity (Wildman–Crippen MR) is 105 cm³/mol. The van der Waals surface area contributed by atoms with Crippen LogP contribution in [0, 0.1) is 0 Å². The largest absolute Gasteiger partial charge is 0.399 e.